The van der Waals surface area contributed by atoms with Crippen LogP contribution >= 0.6 is 0 Å². The Labute approximate surface area is 97.8 Å². The van der Waals surface area contributed by atoms with Gasteiger partial charge in [-0.05, 0) is 45.6 Å². The molecule has 0 aromatic carbocycles. The zero-order valence-electron chi connectivity index (χ0n) is 10.5. The number of piperidine rings is 1. The third-order valence-corrected chi connectivity index (χ3v) is 3.25. The number of carbonyl (C=O) groups excluding carboxylic acids is 1. The van der Waals surface area contributed by atoms with Crippen molar-refractivity contribution in [2.75, 3.05) is 13.2 Å². The molecule has 3 N–H and O–H groups in total. The number of aliphatic hydroxyl groups is 1. The Balaban J connectivity index is 2.50. The first-order valence-electron chi connectivity index (χ1n) is 6.12. The normalized spacial score (nSPS) is 26.5. The van der Waals surface area contributed by atoms with Crippen LogP contribution < -0.4 is 10.6 Å². The van der Waals surface area contributed by atoms with Gasteiger partial charge in [0.25, 0.3) is 0 Å². The van der Waals surface area contributed by atoms with Crippen molar-refractivity contribution in [3.8, 4) is 0 Å². The first-order chi connectivity index (χ1) is 7.46. The Morgan fingerprint density at radius 1 is 1.56 bits per heavy atom. The van der Waals surface area contributed by atoms with Crippen LogP contribution in [0.3, 0.4) is 0 Å². The van der Waals surface area contributed by atoms with E-state index >= 15 is 0 Å². The van der Waals surface area contributed by atoms with Gasteiger partial charge in [-0.2, -0.15) is 0 Å². The average Bonchev–Trinajstić information content (AvgIpc) is 2.17. The Morgan fingerprint density at radius 3 is 2.81 bits per heavy atom. The number of nitrogens with one attached hydrogen (secondary N) is 2. The highest BCUT2D eigenvalue weighted by Gasteiger charge is 2.30. The van der Waals surface area contributed by atoms with E-state index in [2.05, 4.69) is 17.6 Å². The zero-order chi connectivity index (χ0) is 12.2. The molecule has 4 nitrogen and oxygen atoms in total. The van der Waals surface area contributed by atoms with E-state index in [-0.39, 0.29) is 24.1 Å². The van der Waals surface area contributed by atoms with E-state index in [1.54, 1.807) is 0 Å². The second kappa shape index (κ2) is 5.64. The van der Waals surface area contributed by atoms with E-state index in [1.807, 2.05) is 13.8 Å². The molecule has 1 saturated heterocycles. The van der Waals surface area contributed by atoms with Gasteiger partial charge in [0.2, 0.25) is 5.91 Å². The predicted octanol–water partition coefficient (Wildman–Crippen LogP) is 0.652. The van der Waals surface area contributed by atoms with E-state index < -0.39 is 0 Å². The molecule has 94 valence electrons. The van der Waals surface area contributed by atoms with Crippen LogP contribution in [0.1, 0.15) is 40.0 Å². The van der Waals surface area contributed by atoms with Gasteiger partial charge >= 0.3 is 0 Å². The summed E-state index contributed by atoms with van der Waals surface area (Å²) in [6.07, 6.45) is 2.83. The lowest BCUT2D eigenvalue weighted by Crippen LogP contribution is -2.56. The van der Waals surface area contributed by atoms with E-state index in [1.165, 1.54) is 0 Å². The molecule has 0 bridgehead atoms. The number of amides is 1. The van der Waals surface area contributed by atoms with Gasteiger partial charge in [-0.25, -0.2) is 0 Å². The molecule has 0 radical (unpaired) electrons. The topological polar surface area (TPSA) is 61.4 Å². The van der Waals surface area contributed by atoms with Crippen LogP contribution in [0.2, 0.25) is 0 Å². The zero-order valence-corrected chi connectivity index (χ0v) is 10.5. The Morgan fingerprint density at radius 2 is 2.25 bits per heavy atom. The predicted molar refractivity (Wildman–Crippen MR) is 64.1 cm³/mol. The van der Waals surface area contributed by atoms with Crippen LogP contribution in [0, 0.1) is 5.92 Å². The van der Waals surface area contributed by atoms with Crippen molar-refractivity contribution in [1.82, 2.24) is 10.6 Å². The molecule has 0 aromatic rings. The van der Waals surface area contributed by atoms with Gasteiger partial charge in [-0.3, -0.25) is 4.79 Å². The van der Waals surface area contributed by atoms with Crippen LogP contribution in [0.15, 0.2) is 0 Å². The van der Waals surface area contributed by atoms with Crippen molar-refractivity contribution in [1.29, 1.82) is 0 Å². The molecule has 1 aliphatic heterocycles. The fourth-order valence-electron chi connectivity index (χ4n) is 2.15. The van der Waals surface area contributed by atoms with Gasteiger partial charge in [0.15, 0.2) is 0 Å². The average molecular weight is 228 g/mol. The summed E-state index contributed by atoms with van der Waals surface area (Å²) in [6, 6.07) is -0.0771. The van der Waals surface area contributed by atoms with Gasteiger partial charge < -0.3 is 15.7 Å². The molecule has 16 heavy (non-hydrogen) atoms. The van der Waals surface area contributed by atoms with E-state index in [0.717, 1.165) is 19.4 Å². The van der Waals surface area contributed by atoms with Crippen molar-refractivity contribution in [3.63, 3.8) is 0 Å². The highest BCUT2D eigenvalue weighted by atomic mass is 16.3. The summed E-state index contributed by atoms with van der Waals surface area (Å²) in [4.78, 5) is 12.0. The van der Waals surface area contributed by atoms with Crippen LogP contribution in [0.25, 0.3) is 0 Å². The minimum absolute atomic E-state index is 0.0608. The van der Waals surface area contributed by atoms with E-state index in [4.69, 9.17) is 5.11 Å². The summed E-state index contributed by atoms with van der Waals surface area (Å²) in [5.41, 5.74) is -0.329. The van der Waals surface area contributed by atoms with Crippen LogP contribution in [0.5, 0.6) is 0 Å². The molecule has 0 saturated carbocycles. The summed E-state index contributed by atoms with van der Waals surface area (Å²) < 4.78 is 0. The summed E-state index contributed by atoms with van der Waals surface area (Å²) in [5.74, 6) is 0.448. The van der Waals surface area contributed by atoms with Gasteiger partial charge in [0.05, 0.1) is 6.04 Å². The second-order valence-corrected chi connectivity index (χ2v) is 5.40. The van der Waals surface area contributed by atoms with Gasteiger partial charge in [0, 0.05) is 12.1 Å². The number of rotatable bonds is 4. The van der Waals surface area contributed by atoms with Crippen molar-refractivity contribution >= 4 is 5.91 Å². The standard InChI is InChI=1S/C12H24N2O2/c1-9-5-4-7-13-10(9)11(16)14-12(2,3)6-8-15/h9-10,13,15H,4-8H2,1-3H3,(H,14,16). The summed E-state index contributed by atoms with van der Waals surface area (Å²) in [5, 5.41) is 15.2. The maximum absolute atomic E-state index is 12.0. The summed E-state index contributed by atoms with van der Waals surface area (Å²) >= 11 is 0. The molecular weight excluding hydrogens is 204 g/mol. The maximum Gasteiger partial charge on any atom is 0.237 e. The van der Waals surface area contributed by atoms with E-state index in [9.17, 15) is 4.79 Å². The molecule has 1 rings (SSSR count). The third-order valence-electron chi connectivity index (χ3n) is 3.25. The molecule has 1 aliphatic rings. The highest BCUT2D eigenvalue weighted by molar-refractivity contribution is 5.82. The molecule has 0 aromatic heterocycles. The Bertz CT molecular complexity index is 241. The minimum atomic E-state index is -0.329. The highest BCUT2D eigenvalue weighted by Crippen LogP contribution is 2.17. The molecular formula is C12H24N2O2. The molecule has 0 spiro atoms. The first-order valence-corrected chi connectivity index (χ1v) is 6.12. The SMILES string of the molecule is CC1CCCNC1C(=O)NC(C)(C)CCO. The number of hydrogen-bond acceptors (Lipinski definition) is 3. The van der Waals surface area contributed by atoms with Crippen LogP contribution in [-0.4, -0.2) is 35.7 Å². The van der Waals surface area contributed by atoms with Gasteiger partial charge in [0.1, 0.15) is 0 Å². The Hall–Kier alpha value is -0.610. The number of aliphatic hydroxyl groups excluding tert-OH is 1. The lowest BCUT2D eigenvalue weighted by Gasteiger charge is -2.33. The van der Waals surface area contributed by atoms with Crippen molar-refractivity contribution in [3.05, 3.63) is 0 Å². The van der Waals surface area contributed by atoms with Crippen LogP contribution in [0.4, 0.5) is 0 Å². The summed E-state index contributed by atoms with van der Waals surface area (Å²) in [6.45, 7) is 7.00. The molecule has 1 amide bonds. The van der Waals surface area contributed by atoms with Gasteiger partial charge in [-0.1, -0.05) is 6.92 Å². The number of hydrogen-bond donors (Lipinski definition) is 3. The lowest BCUT2D eigenvalue weighted by atomic mass is 9.91. The fraction of sp³-hybridized carbons (Fsp3) is 0.917. The Kier molecular flexibility index (Phi) is 4.74. The quantitative estimate of drug-likeness (QED) is 0.662. The molecule has 2 unspecified atom stereocenters. The molecule has 1 fully saturated rings. The first kappa shape index (κ1) is 13.5. The monoisotopic (exact) mass is 228 g/mol. The molecule has 0 aliphatic carbocycles. The largest absolute Gasteiger partial charge is 0.396 e. The van der Waals surface area contributed by atoms with Crippen LogP contribution in [-0.2, 0) is 4.79 Å². The molecule has 2 atom stereocenters. The second-order valence-electron chi connectivity index (χ2n) is 5.40. The van der Waals surface area contributed by atoms with Crippen molar-refractivity contribution < 1.29 is 9.90 Å². The number of carbonyl (C=O) groups is 1. The minimum Gasteiger partial charge on any atom is -0.396 e. The fourth-order valence-corrected chi connectivity index (χ4v) is 2.15. The van der Waals surface area contributed by atoms with Crippen molar-refractivity contribution in [2.45, 2.75) is 51.6 Å². The molecule has 4 heteroatoms. The van der Waals surface area contributed by atoms with Crippen molar-refractivity contribution in [2.24, 2.45) is 5.92 Å². The maximum atomic E-state index is 12.0. The summed E-state index contributed by atoms with van der Waals surface area (Å²) in [7, 11) is 0. The molecule has 1 heterocycles. The van der Waals surface area contributed by atoms with Gasteiger partial charge in [-0.15, -0.1) is 0 Å². The lowest BCUT2D eigenvalue weighted by molar-refractivity contribution is -0.126. The van der Waals surface area contributed by atoms with E-state index in [0.29, 0.717) is 12.3 Å². The smallest absolute Gasteiger partial charge is 0.237 e. The third kappa shape index (κ3) is 3.76.